The van der Waals surface area contributed by atoms with Gasteiger partial charge in [-0.05, 0) is 36.8 Å². The molecule has 2 aromatic heterocycles. The number of pyridine rings is 1. The van der Waals surface area contributed by atoms with Crippen molar-refractivity contribution >= 4 is 41.1 Å². The molecule has 0 unspecified atom stereocenters. The van der Waals surface area contributed by atoms with E-state index in [1.165, 1.54) is 12.4 Å². The minimum atomic E-state index is -0.681. The van der Waals surface area contributed by atoms with Crippen LogP contribution < -0.4 is 10.6 Å². The van der Waals surface area contributed by atoms with Gasteiger partial charge in [0.2, 0.25) is 11.8 Å². The summed E-state index contributed by atoms with van der Waals surface area (Å²) in [5.41, 5.74) is 1.22. The van der Waals surface area contributed by atoms with Gasteiger partial charge in [-0.15, -0.1) is 0 Å². The minimum absolute atomic E-state index is 0.0226. The van der Waals surface area contributed by atoms with Gasteiger partial charge >= 0.3 is 0 Å². The molecule has 10 nitrogen and oxygen atoms in total. The Morgan fingerprint density at radius 1 is 1.12 bits per heavy atom. The second-order valence-electron chi connectivity index (χ2n) is 10.3. The number of benzene rings is 1. The van der Waals surface area contributed by atoms with E-state index >= 15 is 0 Å². The molecule has 4 rings (SSSR count). The van der Waals surface area contributed by atoms with Gasteiger partial charge in [0.1, 0.15) is 6.04 Å². The Kier molecular flexibility index (Phi) is 10.8. The first-order valence-corrected chi connectivity index (χ1v) is 15.5. The maximum atomic E-state index is 13.5. The second kappa shape index (κ2) is 14.5. The first kappa shape index (κ1) is 30.5. The van der Waals surface area contributed by atoms with Gasteiger partial charge in [0.15, 0.2) is 11.6 Å². The molecule has 3 heterocycles. The molecule has 0 aliphatic carbocycles. The van der Waals surface area contributed by atoms with Crippen LogP contribution in [0.2, 0.25) is 5.02 Å². The number of thioether (sulfide) groups is 1. The molecule has 2 atom stereocenters. The lowest BCUT2D eigenvalue weighted by Gasteiger charge is -2.28. The zero-order valence-corrected chi connectivity index (χ0v) is 25.1. The number of hydrogen-bond acceptors (Lipinski definition) is 7. The molecule has 0 saturated heterocycles. The summed E-state index contributed by atoms with van der Waals surface area (Å²) in [5.74, 6) is 1.12. The van der Waals surface area contributed by atoms with Gasteiger partial charge in [-0.3, -0.25) is 19.4 Å². The van der Waals surface area contributed by atoms with Crippen molar-refractivity contribution in [2.45, 2.75) is 51.7 Å². The monoisotopic (exact) mass is 597 g/mol. The van der Waals surface area contributed by atoms with E-state index in [2.05, 4.69) is 15.6 Å². The Balaban J connectivity index is 1.73. The lowest BCUT2D eigenvalue weighted by atomic mass is 10.0. The molecule has 41 heavy (non-hydrogen) atoms. The number of rotatable bonds is 6. The topological polar surface area (TPSA) is 122 Å². The number of amides is 3. The molecule has 1 aromatic carbocycles. The number of carbonyl (C=O) groups is 3. The SMILES string of the molecule is CSCC[C@@H]1NC(=O)CCCN(C(=O)c2cncc(Cl)c2)CCn2nc(-c3ccccc3)nc2[C@@H](C(C)C)NC1=O. The molecule has 0 fully saturated rings. The average molecular weight is 598 g/mol. The molecule has 0 spiro atoms. The van der Waals surface area contributed by atoms with E-state index in [4.69, 9.17) is 21.7 Å². The van der Waals surface area contributed by atoms with Crippen molar-refractivity contribution in [1.29, 1.82) is 0 Å². The van der Waals surface area contributed by atoms with Crippen molar-refractivity contribution in [3.05, 3.63) is 65.2 Å². The Hall–Kier alpha value is -3.44. The number of nitrogens with one attached hydrogen (secondary N) is 2. The lowest BCUT2D eigenvalue weighted by molar-refractivity contribution is -0.129. The molecule has 218 valence electrons. The Bertz CT molecular complexity index is 1350. The summed E-state index contributed by atoms with van der Waals surface area (Å²) in [5, 5.41) is 11.3. The summed E-state index contributed by atoms with van der Waals surface area (Å²) < 4.78 is 1.78. The highest BCUT2D eigenvalue weighted by atomic mass is 35.5. The van der Waals surface area contributed by atoms with E-state index in [1.54, 1.807) is 27.4 Å². The summed E-state index contributed by atoms with van der Waals surface area (Å²) >= 11 is 7.73. The molecule has 0 radical (unpaired) electrons. The zero-order valence-electron chi connectivity index (χ0n) is 23.5. The highest BCUT2D eigenvalue weighted by Crippen LogP contribution is 2.25. The number of carbonyl (C=O) groups excluding carboxylic acids is 3. The van der Waals surface area contributed by atoms with Crippen molar-refractivity contribution < 1.29 is 14.4 Å². The first-order valence-electron chi connectivity index (χ1n) is 13.8. The van der Waals surface area contributed by atoms with Gasteiger partial charge in [-0.2, -0.15) is 16.9 Å². The zero-order chi connectivity index (χ0) is 29.4. The van der Waals surface area contributed by atoms with E-state index in [0.717, 1.165) is 11.3 Å². The highest BCUT2D eigenvalue weighted by molar-refractivity contribution is 7.98. The Morgan fingerprint density at radius 2 is 1.90 bits per heavy atom. The number of halogens is 1. The predicted molar refractivity (Wildman–Crippen MR) is 160 cm³/mol. The molecule has 0 bridgehead atoms. The van der Waals surface area contributed by atoms with Crippen LogP contribution in [0.25, 0.3) is 11.4 Å². The van der Waals surface area contributed by atoms with E-state index in [1.807, 2.05) is 50.4 Å². The quantitative estimate of drug-likeness (QED) is 0.441. The van der Waals surface area contributed by atoms with E-state index in [9.17, 15) is 14.4 Å². The molecule has 3 aromatic rings. The Labute approximate surface area is 249 Å². The molecule has 3 amide bonds. The minimum Gasteiger partial charge on any atom is -0.344 e. The van der Waals surface area contributed by atoms with Crippen molar-refractivity contribution in [1.82, 2.24) is 35.3 Å². The fourth-order valence-electron chi connectivity index (χ4n) is 4.68. The largest absolute Gasteiger partial charge is 0.344 e. The van der Waals surface area contributed by atoms with Gasteiger partial charge in [0, 0.05) is 37.5 Å². The molecule has 12 heteroatoms. The lowest BCUT2D eigenvalue weighted by Crippen LogP contribution is -2.49. The van der Waals surface area contributed by atoms with Crippen LogP contribution in [0.15, 0.2) is 48.8 Å². The summed E-state index contributed by atoms with van der Waals surface area (Å²) in [6, 6.07) is 10.1. The van der Waals surface area contributed by atoms with Crippen LogP contribution in [-0.4, -0.2) is 73.5 Å². The van der Waals surface area contributed by atoms with Crippen molar-refractivity contribution in [2.24, 2.45) is 5.92 Å². The summed E-state index contributed by atoms with van der Waals surface area (Å²) in [6.45, 7) is 5.01. The number of fused-ring (bicyclic) bond motifs is 1. The molecule has 0 saturated carbocycles. The molecular formula is C29H36ClN7O3S. The van der Waals surface area contributed by atoms with Crippen LogP contribution in [0.5, 0.6) is 0 Å². The van der Waals surface area contributed by atoms with Crippen LogP contribution in [0.1, 0.15) is 55.3 Å². The number of aromatic nitrogens is 4. The summed E-state index contributed by atoms with van der Waals surface area (Å²) in [7, 11) is 0. The average Bonchev–Trinajstić information content (AvgIpc) is 3.38. The molecule has 1 aliphatic heterocycles. The van der Waals surface area contributed by atoms with Crippen LogP contribution in [0, 0.1) is 5.92 Å². The number of nitrogens with zero attached hydrogens (tertiary/aromatic N) is 5. The van der Waals surface area contributed by atoms with Crippen LogP contribution in [0.4, 0.5) is 0 Å². The summed E-state index contributed by atoms with van der Waals surface area (Å²) in [4.78, 5) is 50.5. The normalized spacial score (nSPS) is 18.8. The smallest absolute Gasteiger partial charge is 0.255 e. The van der Waals surface area contributed by atoms with Crippen molar-refractivity contribution in [3.8, 4) is 11.4 Å². The molecular weight excluding hydrogens is 562 g/mol. The maximum Gasteiger partial charge on any atom is 0.255 e. The fraction of sp³-hybridized carbons (Fsp3) is 0.448. The number of hydrogen-bond donors (Lipinski definition) is 2. The molecule has 2 N–H and O–H groups in total. The first-order chi connectivity index (χ1) is 19.8. The maximum absolute atomic E-state index is 13.5. The van der Waals surface area contributed by atoms with Crippen LogP contribution >= 0.6 is 23.4 Å². The van der Waals surface area contributed by atoms with Gasteiger partial charge in [-0.25, -0.2) is 9.67 Å². The Morgan fingerprint density at radius 3 is 2.61 bits per heavy atom. The van der Waals surface area contributed by atoms with E-state index < -0.39 is 12.1 Å². The second-order valence-corrected chi connectivity index (χ2v) is 11.7. The fourth-order valence-corrected chi connectivity index (χ4v) is 5.33. The standard InChI is InChI=1S/C29H36ClN7O3S/c1-19(2)25-27-34-26(20-8-5-4-6-9-20)35-37(27)14-13-36(29(40)21-16-22(30)18-31-17-21)12-7-10-24(38)32-23(11-15-41-3)28(39)33-25/h4-6,8-9,16-19,23,25H,7,10-15H2,1-3H3,(H,32,38)(H,33,39)/t23-,25+/m0/s1. The van der Waals surface area contributed by atoms with Gasteiger partial charge in [0.05, 0.1) is 23.2 Å². The predicted octanol–water partition coefficient (Wildman–Crippen LogP) is 3.98. The van der Waals surface area contributed by atoms with E-state index in [0.29, 0.717) is 54.7 Å². The summed E-state index contributed by atoms with van der Waals surface area (Å²) in [6.07, 6.45) is 6.04. The van der Waals surface area contributed by atoms with Crippen LogP contribution in [0.3, 0.4) is 0 Å². The highest BCUT2D eigenvalue weighted by Gasteiger charge is 2.30. The van der Waals surface area contributed by atoms with Gasteiger partial charge in [-0.1, -0.05) is 55.8 Å². The van der Waals surface area contributed by atoms with Crippen molar-refractivity contribution in [2.75, 3.05) is 25.1 Å². The van der Waals surface area contributed by atoms with Crippen molar-refractivity contribution in [3.63, 3.8) is 0 Å². The van der Waals surface area contributed by atoms with Gasteiger partial charge in [0.25, 0.3) is 5.91 Å². The third-order valence-electron chi connectivity index (χ3n) is 6.89. The molecule has 1 aliphatic rings. The van der Waals surface area contributed by atoms with Gasteiger partial charge < -0.3 is 15.5 Å². The van der Waals surface area contributed by atoms with Crippen LogP contribution in [-0.2, 0) is 16.1 Å². The van der Waals surface area contributed by atoms with E-state index in [-0.39, 0.29) is 30.1 Å². The third-order valence-corrected chi connectivity index (χ3v) is 7.74. The third kappa shape index (κ3) is 8.07.